The van der Waals surface area contributed by atoms with Crippen molar-refractivity contribution in [3.63, 3.8) is 0 Å². The van der Waals surface area contributed by atoms with Crippen LogP contribution in [-0.2, 0) is 14.4 Å². The SMILES string of the molecule is Cc1cc(NC(=O)C(=O)NCCC(C)C)n(C2=NC(=O)C3CCCC3=N2)n1. The molecule has 3 rings (SSSR count). The van der Waals surface area contributed by atoms with E-state index in [0.29, 0.717) is 18.2 Å². The number of nitrogens with zero attached hydrogens (tertiary/aromatic N) is 4. The van der Waals surface area contributed by atoms with Gasteiger partial charge >= 0.3 is 11.8 Å². The lowest BCUT2D eigenvalue weighted by molar-refractivity contribution is -0.136. The van der Waals surface area contributed by atoms with Crippen molar-refractivity contribution in [2.45, 2.75) is 46.5 Å². The van der Waals surface area contributed by atoms with Crippen LogP contribution >= 0.6 is 0 Å². The third-order valence-electron chi connectivity index (χ3n) is 4.56. The van der Waals surface area contributed by atoms with Crippen LogP contribution < -0.4 is 10.6 Å². The molecule has 0 aromatic carbocycles. The zero-order valence-electron chi connectivity index (χ0n) is 15.8. The molecule has 144 valence electrons. The van der Waals surface area contributed by atoms with E-state index in [1.807, 2.05) is 13.8 Å². The van der Waals surface area contributed by atoms with Crippen molar-refractivity contribution < 1.29 is 14.4 Å². The fourth-order valence-electron chi connectivity index (χ4n) is 3.12. The van der Waals surface area contributed by atoms with Gasteiger partial charge in [0.2, 0.25) is 0 Å². The lowest BCUT2D eigenvalue weighted by Gasteiger charge is -2.15. The van der Waals surface area contributed by atoms with Gasteiger partial charge in [0.25, 0.3) is 11.9 Å². The molecule has 0 bridgehead atoms. The molecule has 1 unspecified atom stereocenters. The Labute approximate surface area is 157 Å². The Morgan fingerprint density at radius 3 is 2.81 bits per heavy atom. The molecule has 1 aromatic rings. The Balaban J connectivity index is 1.74. The summed E-state index contributed by atoms with van der Waals surface area (Å²) in [4.78, 5) is 44.8. The van der Waals surface area contributed by atoms with Crippen LogP contribution in [0.2, 0.25) is 0 Å². The molecular weight excluding hydrogens is 348 g/mol. The molecule has 2 heterocycles. The number of hydrogen-bond acceptors (Lipinski definition) is 5. The second-order valence-electron chi connectivity index (χ2n) is 7.27. The fourth-order valence-corrected chi connectivity index (χ4v) is 3.12. The molecule has 1 atom stereocenters. The number of hydrogen-bond donors (Lipinski definition) is 2. The van der Waals surface area contributed by atoms with Crippen molar-refractivity contribution in [2.24, 2.45) is 21.8 Å². The summed E-state index contributed by atoms with van der Waals surface area (Å²) in [7, 11) is 0. The smallest absolute Gasteiger partial charge is 0.314 e. The number of rotatable bonds is 4. The average molecular weight is 372 g/mol. The van der Waals surface area contributed by atoms with Gasteiger partial charge in [0, 0.05) is 18.3 Å². The minimum Gasteiger partial charge on any atom is -0.348 e. The van der Waals surface area contributed by atoms with Crippen LogP contribution in [0.4, 0.5) is 5.82 Å². The van der Waals surface area contributed by atoms with Crippen molar-refractivity contribution in [1.82, 2.24) is 15.1 Å². The number of aryl methyl sites for hydroxylation is 1. The molecule has 1 saturated carbocycles. The minimum atomic E-state index is -0.797. The van der Waals surface area contributed by atoms with Crippen molar-refractivity contribution in [1.29, 1.82) is 0 Å². The van der Waals surface area contributed by atoms with Crippen LogP contribution in [0.15, 0.2) is 16.1 Å². The lowest BCUT2D eigenvalue weighted by atomic mass is 10.1. The Kier molecular flexibility index (Phi) is 5.48. The van der Waals surface area contributed by atoms with Gasteiger partial charge < -0.3 is 10.6 Å². The first kappa shape index (κ1) is 18.9. The number of amides is 3. The monoisotopic (exact) mass is 372 g/mol. The molecular formula is C18H24N6O3. The lowest BCUT2D eigenvalue weighted by Crippen LogP contribution is -2.37. The van der Waals surface area contributed by atoms with E-state index in [9.17, 15) is 14.4 Å². The summed E-state index contributed by atoms with van der Waals surface area (Å²) in [5.74, 6) is -1.17. The molecule has 9 heteroatoms. The normalized spacial score (nSPS) is 18.8. The standard InChI is InChI=1S/C18H24N6O3/c1-10(2)7-8-19-16(26)17(27)21-14-9-11(3)23-24(14)18-20-13-6-4-5-12(13)15(25)22-18/h9-10,12H,4-8H2,1-3H3,(H,19,26)(H,21,27). The third-order valence-corrected chi connectivity index (χ3v) is 4.56. The maximum absolute atomic E-state index is 12.2. The predicted octanol–water partition coefficient (Wildman–Crippen LogP) is 1.28. The van der Waals surface area contributed by atoms with Gasteiger partial charge in [-0.25, -0.2) is 4.99 Å². The van der Waals surface area contributed by atoms with Gasteiger partial charge in [-0.1, -0.05) is 13.8 Å². The summed E-state index contributed by atoms with van der Waals surface area (Å²) in [6.45, 7) is 6.25. The molecule has 1 aliphatic carbocycles. The third kappa shape index (κ3) is 4.29. The molecule has 2 aliphatic rings. The van der Waals surface area contributed by atoms with Crippen LogP contribution in [0.25, 0.3) is 0 Å². The second-order valence-corrected chi connectivity index (χ2v) is 7.27. The molecule has 1 aliphatic heterocycles. The maximum Gasteiger partial charge on any atom is 0.314 e. The predicted molar refractivity (Wildman–Crippen MR) is 101 cm³/mol. The number of aromatic nitrogens is 2. The van der Waals surface area contributed by atoms with Gasteiger partial charge in [-0.3, -0.25) is 14.4 Å². The minimum absolute atomic E-state index is 0.122. The number of carbonyl (C=O) groups is 3. The second kappa shape index (κ2) is 7.81. The first-order valence-electron chi connectivity index (χ1n) is 9.21. The molecule has 2 N–H and O–H groups in total. The Morgan fingerprint density at radius 1 is 1.30 bits per heavy atom. The average Bonchev–Trinajstić information content (AvgIpc) is 3.21. The summed E-state index contributed by atoms with van der Waals surface area (Å²) >= 11 is 0. The molecule has 1 aromatic heterocycles. The number of fused-ring (bicyclic) bond motifs is 1. The molecule has 9 nitrogen and oxygen atoms in total. The maximum atomic E-state index is 12.2. The molecule has 0 radical (unpaired) electrons. The van der Waals surface area contributed by atoms with E-state index in [-0.39, 0.29) is 23.6 Å². The van der Waals surface area contributed by atoms with Gasteiger partial charge in [0.05, 0.1) is 11.6 Å². The van der Waals surface area contributed by atoms with Crippen LogP contribution in [0, 0.1) is 18.8 Å². The zero-order valence-corrected chi connectivity index (χ0v) is 15.8. The molecule has 3 amide bonds. The van der Waals surface area contributed by atoms with E-state index >= 15 is 0 Å². The van der Waals surface area contributed by atoms with E-state index in [4.69, 9.17) is 0 Å². The summed E-state index contributed by atoms with van der Waals surface area (Å²) < 4.78 is 1.30. The summed E-state index contributed by atoms with van der Waals surface area (Å²) in [5, 5.41) is 9.37. The number of nitrogens with one attached hydrogen (secondary N) is 2. The van der Waals surface area contributed by atoms with Crippen molar-refractivity contribution in [3.8, 4) is 0 Å². The Bertz CT molecular complexity index is 836. The van der Waals surface area contributed by atoms with Crippen molar-refractivity contribution >= 4 is 35.2 Å². The van der Waals surface area contributed by atoms with E-state index in [1.165, 1.54) is 4.68 Å². The Morgan fingerprint density at radius 2 is 2.07 bits per heavy atom. The highest BCUT2D eigenvalue weighted by Gasteiger charge is 2.33. The molecule has 27 heavy (non-hydrogen) atoms. The van der Waals surface area contributed by atoms with E-state index < -0.39 is 11.8 Å². The summed E-state index contributed by atoms with van der Waals surface area (Å²) in [5.41, 5.74) is 1.41. The molecule has 0 saturated heterocycles. The first-order chi connectivity index (χ1) is 12.8. The van der Waals surface area contributed by atoms with Crippen molar-refractivity contribution in [3.05, 3.63) is 11.8 Å². The van der Waals surface area contributed by atoms with Crippen LogP contribution in [0.5, 0.6) is 0 Å². The highest BCUT2D eigenvalue weighted by atomic mass is 16.2. The van der Waals surface area contributed by atoms with E-state index in [0.717, 1.165) is 31.4 Å². The number of carbonyl (C=O) groups excluding carboxylic acids is 3. The number of anilines is 1. The van der Waals surface area contributed by atoms with Gasteiger partial charge in [0.1, 0.15) is 5.82 Å². The van der Waals surface area contributed by atoms with Gasteiger partial charge in [0.15, 0.2) is 0 Å². The van der Waals surface area contributed by atoms with E-state index in [2.05, 4.69) is 25.7 Å². The highest BCUT2D eigenvalue weighted by Crippen LogP contribution is 2.27. The van der Waals surface area contributed by atoms with Crippen LogP contribution in [0.3, 0.4) is 0 Å². The van der Waals surface area contributed by atoms with Gasteiger partial charge in [-0.2, -0.15) is 14.8 Å². The largest absolute Gasteiger partial charge is 0.348 e. The van der Waals surface area contributed by atoms with E-state index in [1.54, 1.807) is 13.0 Å². The molecule has 0 spiro atoms. The first-order valence-corrected chi connectivity index (χ1v) is 9.21. The van der Waals surface area contributed by atoms with Crippen LogP contribution in [-0.4, -0.2) is 45.7 Å². The van der Waals surface area contributed by atoms with Gasteiger partial charge in [-0.15, -0.1) is 0 Å². The fraction of sp³-hybridized carbons (Fsp3) is 0.556. The van der Waals surface area contributed by atoms with Crippen molar-refractivity contribution in [2.75, 3.05) is 11.9 Å². The zero-order chi connectivity index (χ0) is 19.6. The summed E-state index contributed by atoms with van der Waals surface area (Å²) in [6.07, 6.45) is 3.23. The highest BCUT2D eigenvalue weighted by molar-refractivity contribution is 6.39. The Hall–Kier alpha value is -2.84. The number of aliphatic imine (C=N–C) groups is 2. The molecule has 1 fully saturated rings. The summed E-state index contributed by atoms with van der Waals surface area (Å²) in [6, 6.07) is 1.60. The van der Waals surface area contributed by atoms with Crippen LogP contribution in [0.1, 0.15) is 45.2 Å². The topological polar surface area (TPSA) is 118 Å². The quantitative estimate of drug-likeness (QED) is 0.774. The van der Waals surface area contributed by atoms with Gasteiger partial charge in [-0.05, 0) is 38.5 Å².